The van der Waals surface area contributed by atoms with Crippen LogP contribution in [-0.4, -0.2) is 14.2 Å². The smallest absolute Gasteiger partial charge is 0.339 e. The Bertz CT molecular complexity index is 850. The summed E-state index contributed by atoms with van der Waals surface area (Å²) >= 11 is 0. The molecule has 0 atom stereocenters. The summed E-state index contributed by atoms with van der Waals surface area (Å²) in [4.78, 5) is 11.7. The van der Waals surface area contributed by atoms with Gasteiger partial charge < -0.3 is 4.18 Å². The molecule has 0 N–H and O–H groups in total. The van der Waals surface area contributed by atoms with E-state index in [9.17, 15) is 13.2 Å². The average Bonchev–Trinajstić information content (AvgIpc) is 2.54. The molecule has 2 aromatic carbocycles. The zero-order valence-electron chi connectivity index (χ0n) is 11.8. The second-order valence-electron chi connectivity index (χ2n) is 4.45. The summed E-state index contributed by atoms with van der Waals surface area (Å²) in [5, 5.41) is 8.84. The van der Waals surface area contributed by atoms with Crippen LogP contribution in [0.1, 0.15) is 29.3 Å². The van der Waals surface area contributed by atoms with Crippen LogP contribution in [0, 0.1) is 11.3 Å². The van der Waals surface area contributed by atoms with Gasteiger partial charge in [0, 0.05) is 6.42 Å². The molecule has 0 saturated carbocycles. The normalized spacial score (nSPS) is 10.7. The Kier molecular flexibility index (Phi) is 4.59. The highest BCUT2D eigenvalue weighted by molar-refractivity contribution is 7.87. The summed E-state index contributed by atoms with van der Waals surface area (Å²) in [5.41, 5.74) is 0.424. The fourth-order valence-corrected chi connectivity index (χ4v) is 2.84. The number of hydrogen-bond donors (Lipinski definition) is 0. The highest BCUT2D eigenvalue weighted by atomic mass is 32.2. The number of nitrogens with zero attached hydrogens (tertiary/aromatic N) is 1. The van der Waals surface area contributed by atoms with Crippen molar-refractivity contribution < 1.29 is 17.4 Å². The van der Waals surface area contributed by atoms with E-state index in [0.29, 0.717) is 0 Å². The molecular weight excluding hydrogens is 302 g/mol. The molecule has 0 aliphatic heterocycles. The minimum Gasteiger partial charge on any atom is -0.378 e. The maximum Gasteiger partial charge on any atom is 0.339 e. The van der Waals surface area contributed by atoms with Crippen LogP contribution < -0.4 is 4.18 Å². The van der Waals surface area contributed by atoms with Gasteiger partial charge in [-0.1, -0.05) is 25.1 Å². The summed E-state index contributed by atoms with van der Waals surface area (Å²) in [6.45, 7) is 1.68. The van der Waals surface area contributed by atoms with Gasteiger partial charge in [-0.25, -0.2) is 0 Å². The fraction of sp³-hybridized carbons (Fsp3) is 0.125. The summed E-state index contributed by atoms with van der Waals surface area (Å²) in [6.07, 6.45) is 0.240. The molecule has 2 aromatic rings. The van der Waals surface area contributed by atoms with Crippen molar-refractivity contribution in [2.75, 3.05) is 0 Å². The fourth-order valence-electron chi connectivity index (χ4n) is 1.85. The minimum atomic E-state index is -4.11. The zero-order chi connectivity index (χ0) is 16.2. The quantitative estimate of drug-likeness (QED) is 0.625. The third-order valence-electron chi connectivity index (χ3n) is 2.96. The lowest BCUT2D eigenvalue weighted by molar-refractivity contribution is 0.0986. The summed E-state index contributed by atoms with van der Waals surface area (Å²) in [5.74, 6) is -0.228. The number of hydrogen-bond acceptors (Lipinski definition) is 5. The summed E-state index contributed by atoms with van der Waals surface area (Å²) in [7, 11) is -4.11. The number of Topliss-reactive ketones (excluding diaryl/α,β-unsaturated/α-hetero) is 1. The van der Waals surface area contributed by atoms with Gasteiger partial charge in [-0.15, -0.1) is 0 Å². The monoisotopic (exact) mass is 315 g/mol. The molecule has 0 aliphatic carbocycles. The highest BCUT2D eigenvalue weighted by Gasteiger charge is 2.20. The molecule has 0 unspecified atom stereocenters. The molecular formula is C16H13NO4S. The zero-order valence-corrected chi connectivity index (χ0v) is 12.6. The van der Waals surface area contributed by atoms with Gasteiger partial charge >= 0.3 is 10.1 Å². The van der Waals surface area contributed by atoms with Crippen LogP contribution in [0.4, 0.5) is 0 Å². The number of nitriles is 1. The molecule has 22 heavy (non-hydrogen) atoms. The Morgan fingerprint density at radius 2 is 1.91 bits per heavy atom. The lowest BCUT2D eigenvalue weighted by atomic mass is 10.1. The molecule has 112 valence electrons. The lowest BCUT2D eigenvalue weighted by Crippen LogP contribution is -2.12. The van der Waals surface area contributed by atoms with E-state index in [1.54, 1.807) is 19.1 Å². The average molecular weight is 315 g/mol. The number of rotatable bonds is 5. The van der Waals surface area contributed by atoms with Crippen LogP contribution in [0.2, 0.25) is 0 Å². The molecule has 6 heteroatoms. The molecule has 0 spiro atoms. The van der Waals surface area contributed by atoms with Crippen molar-refractivity contribution in [3.63, 3.8) is 0 Å². The molecule has 5 nitrogen and oxygen atoms in total. The first-order chi connectivity index (χ1) is 10.5. The Morgan fingerprint density at radius 3 is 2.59 bits per heavy atom. The molecule has 0 aliphatic rings. The van der Waals surface area contributed by atoms with E-state index in [2.05, 4.69) is 0 Å². The molecule has 0 saturated heterocycles. The maximum absolute atomic E-state index is 12.3. The maximum atomic E-state index is 12.3. The van der Waals surface area contributed by atoms with Crippen molar-refractivity contribution in [3.8, 4) is 11.8 Å². The first kappa shape index (κ1) is 15.7. The van der Waals surface area contributed by atoms with Crippen molar-refractivity contribution in [3.05, 3.63) is 59.7 Å². The van der Waals surface area contributed by atoms with Crippen LogP contribution in [0.15, 0.2) is 53.4 Å². The van der Waals surface area contributed by atoms with Gasteiger partial charge in [-0.3, -0.25) is 4.79 Å². The largest absolute Gasteiger partial charge is 0.378 e. The topological polar surface area (TPSA) is 84.2 Å². The van der Waals surface area contributed by atoms with Gasteiger partial charge in [0.15, 0.2) is 11.5 Å². The van der Waals surface area contributed by atoms with Crippen LogP contribution >= 0.6 is 0 Å². The van der Waals surface area contributed by atoms with Gasteiger partial charge in [0.05, 0.1) is 17.2 Å². The van der Waals surface area contributed by atoms with E-state index in [1.165, 1.54) is 36.4 Å². The Morgan fingerprint density at radius 1 is 1.18 bits per heavy atom. The third kappa shape index (κ3) is 3.32. The second kappa shape index (κ2) is 6.41. The van der Waals surface area contributed by atoms with Crippen molar-refractivity contribution in [1.82, 2.24) is 0 Å². The number of benzene rings is 2. The van der Waals surface area contributed by atoms with Crippen molar-refractivity contribution >= 4 is 15.9 Å². The van der Waals surface area contributed by atoms with Gasteiger partial charge in [0.1, 0.15) is 4.90 Å². The first-order valence-corrected chi connectivity index (χ1v) is 7.95. The molecule has 0 bridgehead atoms. The lowest BCUT2D eigenvalue weighted by Gasteiger charge is -2.10. The van der Waals surface area contributed by atoms with Crippen LogP contribution in [0.3, 0.4) is 0 Å². The molecule has 0 fully saturated rings. The predicted octanol–water partition coefficient (Wildman–Crippen LogP) is 2.92. The third-order valence-corrected chi connectivity index (χ3v) is 4.19. The molecule has 2 rings (SSSR count). The van der Waals surface area contributed by atoms with Crippen molar-refractivity contribution in [1.29, 1.82) is 5.26 Å². The van der Waals surface area contributed by atoms with E-state index >= 15 is 0 Å². The molecule has 0 aromatic heterocycles. The SMILES string of the molecule is CCC(=O)c1ccccc1OS(=O)(=O)c1cccc(C#N)c1. The van der Waals surface area contributed by atoms with E-state index in [4.69, 9.17) is 9.44 Å². The van der Waals surface area contributed by atoms with Crippen molar-refractivity contribution in [2.45, 2.75) is 18.2 Å². The van der Waals surface area contributed by atoms with Crippen LogP contribution in [0.25, 0.3) is 0 Å². The van der Waals surface area contributed by atoms with Gasteiger partial charge in [0.25, 0.3) is 0 Å². The Labute approximate surface area is 128 Å². The molecule has 0 heterocycles. The minimum absolute atomic E-state index is 0.0169. The number of carbonyl (C=O) groups excluding carboxylic acids is 1. The van der Waals surface area contributed by atoms with E-state index in [1.807, 2.05) is 6.07 Å². The Hall–Kier alpha value is -2.65. The molecule has 0 amide bonds. The van der Waals surface area contributed by atoms with Crippen LogP contribution in [0.5, 0.6) is 5.75 Å². The summed E-state index contributed by atoms with van der Waals surface area (Å²) in [6, 6.07) is 13.5. The molecule has 0 radical (unpaired) electrons. The van der Waals surface area contributed by atoms with Gasteiger partial charge in [-0.2, -0.15) is 13.7 Å². The van der Waals surface area contributed by atoms with E-state index in [0.717, 1.165) is 0 Å². The standard InChI is InChI=1S/C16H13NO4S/c1-2-15(18)14-8-3-4-9-16(14)21-22(19,20)13-7-5-6-12(10-13)11-17/h3-10H,2H2,1H3. The number of para-hydroxylation sites is 1. The first-order valence-electron chi connectivity index (χ1n) is 6.55. The van der Waals surface area contributed by atoms with E-state index in [-0.39, 0.29) is 34.0 Å². The van der Waals surface area contributed by atoms with Crippen molar-refractivity contribution in [2.24, 2.45) is 0 Å². The van der Waals surface area contributed by atoms with Crippen LogP contribution in [-0.2, 0) is 10.1 Å². The number of carbonyl (C=O) groups is 1. The predicted molar refractivity (Wildman–Crippen MR) is 80.0 cm³/mol. The Balaban J connectivity index is 2.42. The van der Waals surface area contributed by atoms with Gasteiger partial charge in [0.2, 0.25) is 0 Å². The number of ketones is 1. The summed E-state index contributed by atoms with van der Waals surface area (Å²) < 4.78 is 29.7. The van der Waals surface area contributed by atoms with E-state index < -0.39 is 10.1 Å². The highest BCUT2D eigenvalue weighted by Crippen LogP contribution is 2.24. The second-order valence-corrected chi connectivity index (χ2v) is 6.00. The van der Waals surface area contributed by atoms with Gasteiger partial charge in [-0.05, 0) is 30.3 Å².